The number of fused-ring (bicyclic) bond motifs is 1. The van der Waals surface area contributed by atoms with Crippen LogP contribution < -0.4 is 10.1 Å². The molecule has 4 aromatic heterocycles. The van der Waals surface area contributed by atoms with E-state index >= 15 is 0 Å². The molecule has 1 saturated heterocycles. The number of carboxylic acid groups (broad SMARTS) is 2. The zero-order valence-electron chi connectivity index (χ0n) is 30.3. The van der Waals surface area contributed by atoms with Gasteiger partial charge < -0.3 is 25.3 Å². The summed E-state index contributed by atoms with van der Waals surface area (Å²) in [5.41, 5.74) is 0.596. The van der Waals surface area contributed by atoms with E-state index in [1.807, 2.05) is 23.1 Å². The SMILES string of the molecule is CC(C)NC(=O)c1cc(OC2CCC(N3CC(CC#N)(n4cc(-c5ncnc6[nH]ccc56)cn4)C3)CC2)nc(C(F)(F)F)c1.O=C(O)C(F)(F)F.O=C(O)C(F)(F)F. The number of pyridine rings is 1. The fourth-order valence-electron chi connectivity index (χ4n) is 6.15. The van der Waals surface area contributed by atoms with Crippen molar-refractivity contribution in [3.63, 3.8) is 0 Å². The van der Waals surface area contributed by atoms with Crippen molar-refractivity contribution in [2.24, 2.45) is 0 Å². The average molecular weight is 836 g/mol. The van der Waals surface area contributed by atoms with Gasteiger partial charge >= 0.3 is 30.5 Å². The number of H-pyrrole nitrogens is 1. The molecule has 1 amide bonds. The minimum absolute atomic E-state index is 0.141. The van der Waals surface area contributed by atoms with Gasteiger partial charge in [0, 0.05) is 60.1 Å². The number of ether oxygens (including phenoxy) is 1. The van der Waals surface area contributed by atoms with Crippen LogP contribution in [0.2, 0.25) is 0 Å². The fraction of sp³-hybridized carbons (Fsp3) is 0.471. The van der Waals surface area contributed by atoms with Crippen LogP contribution in [0.25, 0.3) is 22.3 Å². The third kappa shape index (κ3) is 11.3. The third-order valence-electron chi connectivity index (χ3n) is 8.81. The van der Waals surface area contributed by atoms with Crippen molar-refractivity contribution in [2.75, 3.05) is 13.1 Å². The van der Waals surface area contributed by atoms with Gasteiger partial charge in [-0.1, -0.05) is 0 Å². The molecule has 0 radical (unpaired) electrons. The molecule has 1 aliphatic carbocycles. The molecule has 24 heteroatoms. The standard InChI is InChI=1S/C30H32F3N9O2.2C2HF3O2/c1-18(2)39-28(43)19-11-24(30(31,32)33)40-25(12-19)44-22-5-3-21(4-6-22)41-15-29(16-41,8-9-34)42-14-20(13-38-42)26-23-7-10-35-27(23)37-17-36-26;2*3-2(4,5)1(6)7/h7,10-14,17-18,21-22H,3-6,8,15-16H2,1-2H3,(H,39,43)(H,35,36,37);2*(H,6,7). The lowest BCUT2D eigenvalue weighted by Crippen LogP contribution is -2.65. The highest BCUT2D eigenvalue weighted by Gasteiger charge is 2.48. The van der Waals surface area contributed by atoms with Crippen LogP contribution >= 0.6 is 0 Å². The van der Waals surface area contributed by atoms with E-state index in [1.165, 1.54) is 12.4 Å². The summed E-state index contributed by atoms with van der Waals surface area (Å²) >= 11 is 0. The zero-order valence-corrected chi connectivity index (χ0v) is 30.3. The van der Waals surface area contributed by atoms with Gasteiger partial charge in [0.05, 0.1) is 24.4 Å². The lowest BCUT2D eigenvalue weighted by molar-refractivity contribution is -0.193. The van der Waals surface area contributed by atoms with Gasteiger partial charge in [0.2, 0.25) is 5.88 Å². The second kappa shape index (κ2) is 17.7. The van der Waals surface area contributed by atoms with Crippen LogP contribution in [-0.2, 0) is 21.3 Å². The Morgan fingerprint density at radius 3 is 2.14 bits per heavy atom. The van der Waals surface area contributed by atoms with E-state index in [1.54, 1.807) is 20.0 Å². The molecule has 2 fully saturated rings. The van der Waals surface area contributed by atoms with Gasteiger partial charge in [0.25, 0.3) is 5.91 Å². The van der Waals surface area contributed by atoms with Gasteiger partial charge in [-0.05, 0) is 51.7 Å². The van der Waals surface area contributed by atoms with Crippen LogP contribution in [0.15, 0.2) is 43.1 Å². The first-order valence-corrected chi connectivity index (χ1v) is 17.0. The van der Waals surface area contributed by atoms with Gasteiger partial charge in [-0.3, -0.25) is 14.4 Å². The quantitative estimate of drug-likeness (QED) is 0.152. The first-order valence-electron chi connectivity index (χ1n) is 17.0. The Balaban J connectivity index is 0.000000456. The van der Waals surface area contributed by atoms with E-state index in [0.717, 1.165) is 41.2 Å². The molecule has 314 valence electrons. The van der Waals surface area contributed by atoms with Gasteiger partial charge in [-0.25, -0.2) is 24.5 Å². The van der Waals surface area contributed by atoms with Crippen LogP contribution in [0.5, 0.6) is 5.88 Å². The molecule has 1 aliphatic heterocycles. The van der Waals surface area contributed by atoms with Gasteiger partial charge in [-0.2, -0.15) is 49.9 Å². The number of hydrogen-bond donors (Lipinski definition) is 4. The second-order valence-electron chi connectivity index (χ2n) is 13.5. The number of halogens is 9. The number of nitrogens with zero attached hydrogens (tertiary/aromatic N) is 7. The smallest absolute Gasteiger partial charge is 0.475 e. The van der Waals surface area contributed by atoms with Crippen molar-refractivity contribution in [2.45, 2.75) is 88.2 Å². The maximum atomic E-state index is 13.5. The molecule has 2 aliphatic rings. The predicted octanol–water partition coefficient (Wildman–Crippen LogP) is 5.95. The molecular weight excluding hydrogens is 801 g/mol. The number of likely N-dealkylation sites (tertiary alicyclic amines) is 1. The number of carbonyl (C=O) groups excluding carboxylic acids is 1. The van der Waals surface area contributed by atoms with E-state index in [2.05, 4.69) is 41.3 Å². The monoisotopic (exact) mass is 835 g/mol. The highest BCUT2D eigenvalue weighted by atomic mass is 19.4. The second-order valence-corrected chi connectivity index (χ2v) is 13.5. The maximum absolute atomic E-state index is 13.5. The largest absolute Gasteiger partial charge is 0.490 e. The van der Waals surface area contributed by atoms with Crippen LogP contribution in [0.4, 0.5) is 39.5 Å². The summed E-state index contributed by atoms with van der Waals surface area (Å²) < 4.78 is 112. The molecule has 1 saturated carbocycles. The molecule has 5 heterocycles. The average Bonchev–Trinajstić information content (AvgIpc) is 3.80. The Hall–Kier alpha value is -5.99. The molecule has 0 unspecified atom stereocenters. The fourth-order valence-corrected chi connectivity index (χ4v) is 6.15. The van der Waals surface area contributed by atoms with Crippen molar-refractivity contribution < 1.29 is 68.8 Å². The lowest BCUT2D eigenvalue weighted by atomic mass is 9.82. The first kappa shape index (κ1) is 44.7. The summed E-state index contributed by atoms with van der Waals surface area (Å²) in [6.45, 7) is 4.78. The Bertz CT molecular complexity index is 2090. The van der Waals surface area contributed by atoms with E-state index in [0.29, 0.717) is 32.4 Å². The number of carboxylic acids is 2. The summed E-state index contributed by atoms with van der Waals surface area (Å²) in [4.78, 5) is 48.0. The van der Waals surface area contributed by atoms with E-state index in [9.17, 15) is 49.6 Å². The minimum Gasteiger partial charge on any atom is -0.475 e. The summed E-state index contributed by atoms with van der Waals surface area (Å²) in [6, 6.07) is 6.28. The molecule has 0 atom stereocenters. The highest BCUT2D eigenvalue weighted by molar-refractivity contribution is 5.94. The predicted molar refractivity (Wildman–Crippen MR) is 181 cm³/mol. The van der Waals surface area contributed by atoms with E-state index in [4.69, 9.17) is 24.5 Å². The number of nitriles is 1. The molecule has 4 N–H and O–H groups in total. The molecule has 0 aromatic carbocycles. The Kier molecular flexibility index (Phi) is 13.6. The first-order chi connectivity index (χ1) is 26.9. The number of aromatic amines is 1. The van der Waals surface area contributed by atoms with Crippen molar-refractivity contribution in [3.05, 3.63) is 54.4 Å². The Labute approximate surface area is 321 Å². The van der Waals surface area contributed by atoms with Crippen LogP contribution in [-0.4, -0.2) is 106 Å². The van der Waals surface area contributed by atoms with Crippen LogP contribution in [0, 0.1) is 11.3 Å². The summed E-state index contributed by atoms with van der Waals surface area (Å²) in [5, 5.41) is 32.0. The number of carbonyl (C=O) groups is 3. The van der Waals surface area contributed by atoms with Crippen molar-refractivity contribution in [1.29, 1.82) is 5.26 Å². The number of hydrogen-bond acceptors (Lipinski definition) is 10. The minimum atomic E-state index is -5.08. The number of aliphatic carboxylic acids is 2. The maximum Gasteiger partial charge on any atom is 0.490 e. The molecular formula is C34H34F9N9O6. The van der Waals surface area contributed by atoms with Gasteiger partial charge in [0.1, 0.15) is 29.3 Å². The molecule has 0 spiro atoms. The summed E-state index contributed by atoms with van der Waals surface area (Å²) in [5.74, 6) is -6.33. The Morgan fingerprint density at radius 1 is 1.00 bits per heavy atom. The molecule has 4 aromatic rings. The highest BCUT2D eigenvalue weighted by Crippen LogP contribution is 2.39. The molecule has 15 nitrogen and oxygen atoms in total. The number of amides is 1. The number of aromatic nitrogens is 6. The molecule has 58 heavy (non-hydrogen) atoms. The van der Waals surface area contributed by atoms with Crippen molar-refractivity contribution >= 4 is 28.9 Å². The number of nitrogens with one attached hydrogen (secondary N) is 2. The van der Waals surface area contributed by atoms with E-state index in [-0.39, 0.29) is 29.6 Å². The topological polar surface area (TPSA) is 212 Å². The third-order valence-corrected chi connectivity index (χ3v) is 8.81. The Morgan fingerprint density at radius 2 is 1.60 bits per heavy atom. The lowest BCUT2D eigenvalue weighted by Gasteiger charge is -2.53. The number of rotatable bonds is 8. The summed E-state index contributed by atoms with van der Waals surface area (Å²) in [6.07, 6.45) is -5.05. The van der Waals surface area contributed by atoms with Crippen LogP contribution in [0.1, 0.15) is 62.0 Å². The van der Waals surface area contributed by atoms with E-state index < -0.39 is 47.6 Å². The zero-order chi connectivity index (χ0) is 43.2. The van der Waals surface area contributed by atoms with Gasteiger partial charge in [-0.15, -0.1) is 0 Å². The molecule has 0 bridgehead atoms. The summed E-state index contributed by atoms with van der Waals surface area (Å²) in [7, 11) is 0. The normalized spacial score (nSPS) is 18.1. The van der Waals surface area contributed by atoms with Crippen molar-refractivity contribution in [3.8, 4) is 23.2 Å². The molecule has 6 rings (SSSR count). The number of alkyl halides is 9. The van der Waals surface area contributed by atoms with Crippen LogP contribution in [0.3, 0.4) is 0 Å². The van der Waals surface area contributed by atoms with Gasteiger partial charge in [0.15, 0.2) is 0 Å². The van der Waals surface area contributed by atoms with Crippen molar-refractivity contribution in [1.82, 2.24) is 39.9 Å².